The van der Waals surface area contributed by atoms with Crippen molar-refractivity contribution < 1.29 is 14.2 Å². The summed E-state index contributed by atoms with van der Waals surface area (Å²) in [7, 11) is 0. The van der Waals surface area contributed by atoms with E-state index in [1.54, 1.807) is 0 Å². The van der Waals surface area contributed by atoms with Crippen LogP contribution in [0.5, 0.6) is 0 Å². The van der Waals surface area contributed by atoms with Crippen molar-refractivity contribution in [2.45, 2.75) is 157 Å². The Morgan fingerprint density at radius 3 is 2.08 bits per heavy atom. The van der Waals surface area contributed by atoms with Gasteiger partial charge in [0.05, 0.1) is 35.6 Å². The number of ether oxygens (including phenoxy) is 3. The van der Waals surface area contributed by atoms with Crippen LogP contribution in [0.15, 0.2) is 0 Å². The second-order valence-electron chi connectivity index (χ2n) is 17.8. The maximum Gasteiger partial charge on any atom is 0.0920 e. The van der Waals surface area contributed by atoms with E-state index in [4.69, 9.17) is 14.2 Å². The summed E-state index contributed by atoms with van der Waals surface area (Å²) in [5, 5.41) is 0. The quantitative estimate of drug-likeness (QED) is 0.238. The summed E-state index contributed by atoms with van der Waals surface area (Å²) in [5.74, 6) is 5.35. The van der Waals surface area contributed by atoms with E-state index in [0.717, 1.165) is 43.1 Å². The fraction of sp³-hybridized carbons (Fsp3) is 1.00. The molecule has 0 aromatic carbocycles. The number of epoxide rings is 2. The van der Waals surface area contributed by atoms with Gasteiger partial charge < -0.3 is 14.2 Å². The average Bonchev–Trinajstić information content (AvgIpc) is 3.68. The van der Waals surface area contributed by atoms with Gasteiger partial charge >= 0.3 is 0 Å². The van der Waals surface area contributed by atoms with Crippen LogP contribution < -0.4 is 0 Å². The largest absolute Gasteiger partial charge is 0.375 e. The molecule has 0 N–H and O–H groups in total. The highest BCUT2D eigenvalue weighted by atomic mass is 16.6. The summed E-state index contributed by atoms with van der Waals surface area (Å²) in [6.45, 7) is 27.8. The van der Waals surface area contributed by atoms with Gasteiger partial charge in [0.1, 0.15) is 0 Å². The molecule has 6 fully saturated rings. The Hall–Kier alpha value is -0.120. The third kappa shape index (κ3) is 4.75. The molecule has 218 valence electrons. The lowest BCUT2D eigenvalue weighted by atomic mass is 9.58. The van der Waals surface area contributed by atoms with E-state index in [1.807, 2.05) is 0 Å². The highest BCUT2D eigenvalue weighted by molar-refractivity contribution is 5.14. The van der Waals surface area contributed by atoms with Gasteiger partial charge in [0.25, 0.3) is 0 Å². The van der Waals surface area contributed by atoms with Gasteiger partial charge in [-0.25, -0.2) is 0 Å². The third-order valence-corrected chi connectivity index (χ3v) is 14.3. The van der Waals surface area contributed by atoms with E-state index in [2.05, 4.69) is 76.2 Å². The van der Waals surface area contributed by atoms with Crippen LogP contribution in [0, 0.1) is 57.7 Å². The Labute approximate surface area is 234 Å². The van der Waals surface area contributed by atoms with Crippen molar-refractivity contribution in [2.75, 3.05) is 6.61 Å². The first-order chi connectivity index (χ1) is 17.4. The van der Waals surface area contributed by atoms with E-state index in [1.165, 1.54) is 38.5 Å². The van der Waals surface area contributed by atoms with Crippen LogP contribution in [0.25, 0.3) is 0 Å². The minimum atomic E-state index is -0.0653. The molecule has 2 saturated heterocycles. The minimum Gasteiger partial charge on any atom is -0.375 e. The molecule has 3 heteroatoms. The fourth-order valence-corrected chi connectivity index (χ4v) is 10.00. The SMILES string of the molecule is CC1C(C(C)(CCC2OC2(C)C)OCC2CC2(C)CC2OC2(C)CCC2CC2(C)C)C(C)C2CC2(C)C1C. The number of fused-ring (bicyclic) bond motifs is 1. The lowest BCUT2D eigenvalue weighted by molar-refractivity contribution is -0.141. The molecule has 6 aliphatic rings. The second-order valence-corrected chi connectivity index (χ2v) is 17.8. The highest BCUT2D eigenvalue weighted by Crippen LogP contribution is 2.70. The smallest absolute Gasteiger partial charge is 0.0920 e. The third-order valence-electron chi connectivity index (χ3n) is 14.3. The molecule has 13 unspecified atom stereocenters. The molecule has 6 rings (SSSR count). The molecular weight excluding hydrogens is 468 g/mol. The molecule has 0 radical (unpaired) electrons. The Kier molecular flexibility index (Phi) is 6.24. The van der Waals surface area contributed by atoms with Crippen LogP contribution in [0.1, 0.15) is 128 Å². The van der Waals surface area contributed by atoms with Crippen molar-refractivity contribution in [1.82, 2.24) is 0 Å². The Balaban J connectivity index is 1.06. The molecule has 0 amide bonds. The van der Waals surface area contributed by atoms with Gasteiger partial charge in [-0.05, 0) is 137 Å². The topological polar surface area (TPSA) is 34.3 Å². The normalized spacial score (nSPS) is 54.6. The van der Waals surface area contributed by atoms with Gasteiger partial charge in [0.15, 0.2) is 0 Å². The molecule has 0 spiro atoms. The summed E-state index contributed by atoms with van der Waals surface area (Å²) in [6, 6.07) is 0. The van der Waals surface area contributed by atoms with Crippen LogP contribution in [-0.2, 0) is 14.2 Å². The molecule has 0 bridgehead atoms. The first-order valence-electron chi connectivity index (χ1n) is 16.4. The molecule has 0 aromatic heterocycles. The fourth-order valence-electron chi connectivity index (χ4n) is 10.00. The van der Waals surface area contributed by atoms with Gasteiger partial charge in [0.2, 0.25) is 0 Å². The van der Waals surface area contributed by atoms with Gasteiger partial charge in [-0.15, -0.1) is 0 Å². The van der Waals surface area contributed by atoms with Crippen LogP contribution >= 0.6 is 0 Å². The zero-order valence-electron chi connectivity index (χ0n) is 26.8. The van der Waals surface area contributed by atoms with Crippen molar-refractivity contribution in [3.63, 3.8) is 0 Å². The summed E-state index contributed by atoms with van der Waals surface area (Å²) in [5.41, 5.74) is 1.69. The molecule has 3 nitrogen and oxygen atoms in total. The lowest BCUT2D eigenvalue weighted by Gasteiger charge is -2.51. The number of hydrogen-bond acceptors (Lipinski definition) is 3. The van der Waals surface area contributed by atoms with Crippen molar-refractivity contribution in [3.8, 4) is 0 Å². The predicted molar refractivity (Wildman–Crippen MR) is 155 cm³/mol. The Morgan fingerprint density at radius 2 is 1.47 bits per heavy atom. The average molecular weight is 529 g/mol. The molecule has 2 heterocycles. The Morgan fingerprint density at radius 1 is 0.816 bits per heavy atom. The lowest BCUT2D eigenvalue weighted by Crippen LogP contribution is -2.51. The van der Waals surface area contributed by atoms with Gasteiger partial charge in [-0.1, -0.05) is 48.5 Å². The van der Waals surface area contributed by atoms with E-state index >= 15 is 0 Å². The number of hydrogen-bond donors (Lipinski definition) is 0. The molecule has 4 aliphatic carbocycles. The van der Waals surface area contributed by atoms with E-state index in [0.29, 0.717) is 46.2 Å². The summed E-state index contributed by atoms with van der Waals surface area (Å²) >= 11 is 0. The van der Waals surface area contributed by atoms with Gasteiger partial charge in [-0.3, -0.25) is 0 Å². The molecule has 0 aromatic rings. The maximum atomic E-state index is 7.19. The first kappa shape index (κ1) is 28.0. The summed E-state index contributed by atoms with van der Waals surface area (Å²) in [4.78, 5) is 0. The Bertz CT molecular complexity index is 941. The zero-order valence-corrected chi connectivity index (χ0v) is 26.8. The van der Waals surface area contributed by atoms with Crippen LogP contribution in [0.4, 0.5) is 0 Å². The van der Waals surface area contributed by atoms with Crippen molar-refractivity contribution in [2.24, 2.45) is 57.7 Å². The van der Waals surface area contributed by atoms with Crippen LogP contribution in [0.2, 0.25) is 0 Å². The highest BCUT2D eigenvalue weighted by Gasteiger charge is 2.66. The molecule has 2 aliphatic heterocycles. The van der Waals surface area contributed by atoms with Gasteiger partial charge in [0, 0.05) is 0 Å². The van der Waals surface area contributed by atoms with Crippen molar-refractivity contribution in [1.29, 1.82) is 0 Å². The van der Waals surface area contributed by atoms with E-state index in [-0.39, 0.29) is 16.8 Å². The molecule has 13 atom stereocenters. The number of rotatable bonds is 12. The van der Waals surface area contributed by atoms with E-state index in [9.17, 15) is 0 Å². The van der Waals surface area contributed by atoms with Crippen molar-refractivity contribution >= 4 is 0 Å². The summed E-state index contributed by atoms with van der Waals surface area (Å²) < 4.78 is 19.6. The van der Waals surface area contributed by atoms with Crippen LogP contribution in [0.3, 0.4) is 0 Å². The standard InChI is InChI=1S/C35H60O3/c1-21-23(3)33(9)18-26(33)22(2)29(21)35(11,15-13-27-31(6,7)37-27)36-20-25-17-32(25,8)19-28-34(10,38-28)14-12-24-16-30(24,4)5/h21-29H,12-20H2,1-11H3. The predicted octanol–water partition coefficient (Wildman–Crippen LogP) is 8.68. The zero-order chi connectivity index (χ0) is 27.7. The minimum absolute atomic E-state index is 0.0638. The molecule has 4 saturated carbocycles. The van der Waals surface area contributed by atoms with Crippen LogP contribution in [-0.4, -0.2) is 35.6 Å². The van der Waals surface area contributed by atoms with E-state index < -0.39 is 0 Å². The summed E-state index contributed by atoms with van der Waals surface area (Å²) in [6.07, 6.45) is 11.1. The van der Waals surface area contributed by atoms with Crippen molar-refractivity contribution in [3.05, 3.63) is 0 Å². The first-order valence-corrected chi connectivity index (χ1v) is 16.4. The molecular formula is C35H60O3. The van der Waals surface area contributed by atoms with Gasteiger partial charge in [-0.2, -0.15) is 0 Å². The monoisotopic (exact) mass is 528 g/mol. The molecule has 38 heavy (non-hydrogen) atoms. The maximum absolute atomic E-state index is 7.19. The second kappa shape index (κ2) is 8.47.